The molecule has 0 saturated heterocycles. The highest BCUT2D eigenvalue weighted by molar-refractivity contribution is 5.87. The largest absolute Gasteiger partial charge is 0.441 e. The molecule has 7 nitrogen and oxygen atoms in total. The number of carbonyl (C=O) groups excluding carboxylic acids is 3. The predicted octanol–water partition coefficient (Wildman–Crippen LogP) is 6.31. The first-order valence-corrected chi connectivity index (χ1v) is 11.9. The Morgan fingerprint density at radius 3 is 2.41 bits per heavy atom. The topological polar surface area (TPSA) is 98.5 Å². The monoisotopic (exact) mass is 494 g/mol. The van der Waals surface area contributed by atoms with Gasteiger partial charge in [0.2, 0.25) is 5.76 Å². The van der Waals surface area contributed by atoms with Gasteiger partial charge in [0, 0.05) is 5.56 Å². The molecule has 1 N–H and O–H groups in total. The number of benzene rings is 3. The third-order valence-corrected chi connectivity index (χ3v) is 6.50. The number of fused-ring (bicyclic) bond motifs is 1. The summed E-state index contributed by atoms with van der Waals surface area (Å²) in [5.41, 5.74) is 4.47. The van der Waals surface area contributed by atoms with Gasteiger partial charge in [0.1, 0.15) is 17.5 Å². The Labute approximate surface area is 214 Å². The van der Waals surface area contributed by atoms with Gasteiger partial charge in [-0.2, -0.15) is 9.59 Å². The van der Waals surface area contributed by atoms with E-state index in [9.17, 15) is 4.79 Å². The first-order valence-electron chi connectivity index (χ1n) is 11.9. The molecule has 186 valence electrons. The van der Waals surface area contributed by atoms with Crippen LogP contribution in [0.4, 0.5) is 10.5 Å². The molecule has 3 aromatic carbocycles. The van der Waals surface area contributed by atoms with Crippen molar-refractivity contribution in [3.8, 4) is 11.8 Å². The molecule has 0 unspecified atom stereocenters. The number of carbonyl (C=O) groups is 1. The van der Waals surface area contributed by atoms with Crippen molar-refractivity contribution in [3.05, 3.63) is 94.9 Å². The van der Waals surface area contributed by atoms with Gasteiger partial charge in [-0.1, -0.05) is 72.6 Å². The zero-order chi connectivity index (χ0) is 26.4. The Balaban J connectivity index is 0.00000102. The number of hydrogen-bond donors (Lipinski definition) is 1. The number of nitrogens with zero attached hydrogens (tertiary/aromatic N) is 1. The second-order valence-corrected chi connectivity index (χ2v) is 9.23. The smallest absolute Gasteiger partial charge is 0.412 e. The fourth-order valence-electron chi connectivity index (χ4n) is 3.99. The number of rotatable bonds is 4. The zero-order valence-electron chi connectivity index (χ0n) is 20.8. The molecule has 1 heterocycles. The van der Waals surface area contributed by atoms with E-state index in [2.05, 4.69) is 59.6 Å². The van der Waals surface area contributed by atoms with Crippen LogP contribution in [0.1, 0.15) is 60.9 Å². The third-order valence-electron chi connectivity index (χ3n) is 6.50. The van der Waals surface area contributed by atoms with Gasteiger partial charge in [0.15, 0.2) is 0 Å². The lowest BCUT2D eigenvalue weighted by Gasteiger charge is -2.13. The molecule has 1 aliphatic rings. The van der Waals surface area contributed by atoms with E-state index in [0.29, 0.717) is 22.6 Å². The number of nitrogens with one attached hydrogen (secondary N) is 1. The van der Waals surface area contributed by atoms with Gasteiger partial charge in [0.05, 0.1) is 0 Å². The Hall–Kier alpha value is -4.66. The standard InChI is InChI=1S/C29H26N2O3.CO2/c1-19-27(30-28(32)33-20(2)22-7-5-4-6-8-22)26(34-31-19)14-10-21-9-11-24-18-25(29(3)15-16-29)13-12-23(24)17-21;2-1-3/h4-9,11-13,17-18,20H,15-16H2,1-3H3,(H,30,32);/t20-;/m1./s1. The van der Waals surface area contributed by atoms with Crippen LogP contribution in [-0.4, -0.2) is 17.4 Å². The zero-order valence-corrected chi connectivity index (χ0v) is 20.8. The molecule has 0 bridgehead atoms. The van der Waals surface area contributed by atoms with Crippen molar-refractivity contribution in [1.82, 2.24) is 5.16 Å². The van der Waals surface area contributed by atoms with Crippen molar-refractivity contribution in [3.63, 3.8) is 0 Å². The maximum atomic E-state index is 12.5. The SMILES string of the molecule is Cc1noc(C#Cc2ccc3cc(C4(C)CC4)ccc3c2)c1NC(=O)O[C@H](C)c1ccccc1.O=C=O. The molecule has 1 aliphatic carbocycles. The molecule has 1 atom stereocenters. The molecular weight excluding hydrogens is 468 g/mol. The van der Waals surface area contributed by atoms with Crippen LogP contribution in [0.2, 0.25) is 0 Å². The van der Waals surface area contributed by atoms with Crippen molar-refractivity contribution in [2.75, 3.05) is 5.32 Å². The Kier molecular flexibility index (Phi) is 7.52. The van der Waals surface area contributed by atoms with Crippen molar-refractivity contribution >= 4 is 28.7 Å². The highest BCUT2D eigenvalue weighted by Crippen LogP contribution is 2.48. The van der Waals surface area contributed by atoms with Crippen LogP contribution in [0.25, 0.3) is 10.8 Å². The van der Waals surface area contributed by atoms with E-state index in [1.165, 1.54) is 23.8 Å². The minimum Gasteiger partial charge on any atom is -0.441 e. The second-order valence-electron chi connectivity index (χ2n) is 9.23. The average molecular weight is 495 g/mol. The number of anilines is 1. The maximum Gasteiger partial charge on any atom is 0.412 e. The van der Waals surface area contributed by atoms with Gasteiger partial charge in [-0.15, -0.1) is 0 Å². The van der Waals surface area contributed by atoms with Crippen LogP contribution >= 0.6 is 0 Å². The quantitative estimate of drug-likeness (QED) is 0.334. The summed E-state index contributed by atoms with van der Waals surface area (Å²) in [6, 6.07) is 22.4. The number of amides is 1. The first kappa shape index (κ1) is 25.4. The molecule has 7 heteroatoms. The molecule has 5 rings (SSSR count). The highest BCUT2D eigenvalue weighted by atomic mass is 16.6. The van der Waals surface area contributed by atoms with Crippen LogP contribution < -0.4 is 5.32 Å². The van der Waals surface area contributed by atoms with Gasteiger partial charge in [-0.05, 0) is 72.1 Å². The number of aromatic nitrogens is 1. The summed E-state index contributed by atoms with van der Waals surface area (Å²) in [4.78, 5) is 28.7. The van der Waals surface area contributed by atoms with Crippen LogP contribution in [0.5, 0.6) is 0 Å². The molecular formula is C30H26N2O5. The van der Waals surface area contributed by atoms with Crippen molar-refractivity contribution < 1.29 is 23.6 Å². The number of ether oxygens (including phenoxy) is 1. The molecule has 1 amide bonds. The molecule has 0 radical (unpaired) electrons. The van der Waals surface area contributed by atoms with E-state index < -0.39 is 12.2 Å². The van der Waals surface area contributed by atoms with Crippen LogP contribution in [-0.2, 0) is 19.7 Å². The van der Waals surface area contributed by atoms with Crippen molar-refractivity contribution in [1.29, 1.82) is 0 Å². The first-order chi connectivity index (χ1) is 17.8. The average Bonchev–Trinajstić information content (AvgIpc) is 3.57. The summed E-state index contributed by atoms with van der Waals surface area (Å²) in [5, 5.41) is 9.05. The van der Waals surface area contributed by atoms with Gasteiger partial charge in [0.25, 0.3) is 0 Å². The normalized spacial score (nSPS) is 13.7. The van der Waals surface area contributed by atoms with E-state index in [-0.39, 0.29) is 6.15 Å². The molecule has 37 heavy (non-hydrogen) atoms. The van der Waals surface area contributed by atoms with Gasteiger partial charge in [-0.3, -0.25) is 5.32 Å². The summed E-state index contributed by atoms with van der Waals surface area (Å²) in [5.74, 6) is 6.42. The molecule has 1 aromatic heterocycles. The van der Waals surface area contributed by atoms with Crippen LogP contribution in [0.3, 0.4) is 0 Å². The maximum absolute atomic E-state index is 12.5. The predicted molar refractivity (Wildman–Crippen MR) is 138 cm³/mol. The summed E-state index contributed by atoms with van der Waals surface area (Å²) in [6.45, 7) is 5.89. The molecule has 0 aliphatic heterocycles. The lowest BCUT2D eigenvalue weighted by molar-refractivity contribution is -0.191. The van der Waals surface area contributed by atoms with Crippen LogP contribution in [0.15, 0.2) is 71.3 Å². The fourth-order valence-corrected chi connectivity index (χ4v) is 3.99. The summed E-state index contributed by atoms with van der Waals surface area (Å²) >= 11 is 0. The Bertz CT molecular complexity index is 1520. The number of hydrogen-bond acceptors (Lipinski definition) is 6. The van der Waals surface area contributed by atoms with E-state index >= 15 is 0 Å². The summed E-state index contributed by atoms with van der Waals surface area (Å²) in [7, 11) is 0. The lowest BCUT2D eigenvalue weighted by atomic mass is 9.95. The Morgan fingerprint density at radius 1 is 1.03 bits per heavy atom. The minimum atomic E-state index is -0.587. The molecule has 1 fully saturated rings. The van der Waals surface area contributed by atoms with Gasteiger partial charge in [-0.25, -0.2) is 4.79 Å². The van der Waals surface area contributed by atoms with Crippen LogP contribution in [0, 0.1) is 18.8 Å². The minimum absolute atomic E-state index is 0.250. The van der Waals surface area contributed by atoms with Crippen molar-refractivity contribution in [2.45, 2.75) is 45.1 Å². The molecule has 0 spiro atoms. The van der Waals surface area contributed by atoms with E-state index in [1.54, 1.807) is 6.92 Å². The second kappa shape index (κ2) is 10.9. The Morgan fingerprint density at radius 2 is 1.70 bits per heavy atom. The van der Waals surface area contributed by atoms with E-state index in [1.807, 2.05) is 43.3 Å². The fraction of sp³-hybridized carbons (Fsp3) is 0.233. The summed E-state index contributed by atoms with van der Waals surface area (Å²) in [6.07, 6.45) is 1.79. The van der Waals surface area contributed by atoms with Gasteiger partial charge < -0.3 is 9.26 Å². The number of aryl methyl sites for hydroxylation is 1. The van der Waals surface area contributed by atoms with E-state index in [4.69, 9.17) is 18.8 Å². The molecule has 4 aromatic rings. The van der Waals surface area contributed by atoms with E-state index in [0.717, 1.165) is 16.5 Å². The third kappa shape index (κ3) is 6.13. The summed E-state index contributed by atoms with van der Waals surface area (Å²) < 4.78 is 10.9. The molecule has 1 saturated carbocycles. The van der Waals surface area contributed by atoms with Crippen molar-refractivity contribution in [2.24, 2.45) is 0 Å². The van der Waals surface area contributed by atoms with Gasteiger partial charge >= 0.3 is 12.2 Å². The highest BCUT2D eigenvalue weighted by Gasteiger charge is 2.38. The lowest BCUT2D eigenvalue weighted by Crippen LogP contribution is -2.16.